The van der Waals surface area contributed by atoms with E-state index in [1.54, 1.807) is 0 Å². The fraction of sp³-hybridized carbons (Fsp3) is 0.917. The Morgan fingerprint density at radius 2 is 1.76 bits per heavy atom. The third-order valence-electron chi connectivity index (χ3n) is 4.86. The molecular weight excluding hydrogens is 233 g/mol. The Hall–Kier alpha value is -0.740. The van der Waals surface area contributed by atoms with Gasteiger partial charge in [-0.25, -0.2) is 4.79 Å². The van der Waals surface area contributed by atoms with Crippen LogP contribution in [0.5, 0.6) is 0 Å². The summed E-state index contributed by atoms with van der Waals surface area (Å²) >= 11 is 0. The van der Waals surface area contributed by atoms with E-state index in [1.807, 2.05) is 0 Å². The first-order chi connectivity index (χ1) is 7.97. The largest absolute Gasteiger partial charge is 0.490 e. The highest BCUT2D eigenvalue weighted by Crippen LogP contribution is 2.59. The first kappa shape index (κ1) is 11.4. The predicted octanol–water partition coefficient (Wildman–Crippen LogP) is 2.92. The lowest BCUT2D eigenvalue weighted by molar-refractivity contribution is -0.208. The second-order valence-corrected chi connectivity index (χ2v) is 5.60. The maximum Gasteiger partial charge on any atom is 0.490 e. The zero-order valence-corrected chi connectivity index (χ0v) is 9.37. The van der Waals surface area contributed by atoms with Crippen molar-refractivity contribution >= 4 is 5.97 Å². The summed E-state index contributed by atoms with van der Waals surface area (Å²) in [6, 6.07) is 0. The molecule has 3 rings (SSSR count). The summed E-state index contributed by atoms with van der Waals surface area (Å²) in [5, 5.41) is 0. The van der Waals surface area contributed by atoms with Gasteiger partial charge in [0.15, 0.2) is 0 Å². The van der Waals surface area contributed by atoms with Crippen LogP contribution in [0, 0.1) is 23.7 Å². The maximum atomic E-state index is 12.1. The molecule has 0 aliphatic heterocycles. The molecule has 3 fully saturated rings. The van der Waals surface area contributed by atoms with Gasteiger partial charge >= 0.3 is 12.1 Å². The van der Waals surface area contributed by atoms with Gasteiger partial charge < -0.3 is 4.74 Å². The van der Waals surface area contributed by atoms with Crippen molar-refractivity contribution in [2.24, 2.45) is 23.7 Å². The van der Waals surface area contributed by atoms with Gasteiger partial charge in [-0.1, -0.05) is 6.42 Å². The van der Waals surface area contributed by atoms with Crippen molar-refractivity contribution < 1.29 is 22.7 Å². The van der Waals surface area contributed by atoms with Crippen molar-refractivity contribution in [1.82, 2.24) is 0 Å². The third kappa shape index (κ3) is 1.74. The standard InChI is InChI=1S/C12H15F3O2/c13-12(14,15)11(16)17-10-5-6-4-9(10)8-3-1-2-7(6)8/h6-10H,1-5H2. The van der Waals surface area contributed by atoms with Crippen molar-refractivity contribution in [2.75, 3.05) is 0 Å². The van der Waals surface area contributed by atoms with E-state index in [2.05, 4.69) is 4.74 Å². The van der Waals surface area contributed by atoms with Crippen LogP contribution in [-0.2, 0) is 9.53 Å². The Balaban J connectivity index is 1.66. The minimum absolute atomic E-state index is 0.193. The van der Waals surface area contributed by atoms with Gasteiger partial charge in [0.1, 0.15) is 6.10 Å². The Kier molecular flexibility index (Phi) is 2.42. The number of alkyl halides is 3. The van der Waals surface area contributed by atoms with Gasteiger partial charge in [-0.3, -0.25) is 0 Å². The third-order valence-corrected chi connectivity index (χ3v) is 4.86. The number of carbonyl (C=O) groups excluding carboxylic acids is 1. The van der Waals surface area contributed by atoms with Crippen molar-refractivity contribution in [3.05, 3.63) is 0 Å². The maximum absolute atomic E-state index is 12.1. The summed E-state index contributed by atoms with van der Waals surface area (Å²) in [6.07, 6.45) is -0.219. The van der Waals surface area contributed by atoms with Gasteiger partial charge in [-0.2, -0.15) is 13.2 Å². The van der Waals surface area contributed by atoms with Crippen LogP contribution in [0.2, 0.25) is 0 Å². The minimum atomic E-state index is -4.85. The molecule has 0 N–H and O–H groups in total. The summed E-state index contributed by atoms with van der Waals surface area (Å²) < 4.78 is 41.1. The number of esters is 1. The van der Waals surface area contributed by atoms with Gasteiger partial charge in [0.2, 0.25) is 0 Å². The molecule has 3 aliphatic rings. The van der Waals surface area contributed by atoms with Crippen molar-refractivity contribution in [2.45, 2.75) is 44.4 Å². The lowest BCUT2D eigenvalue weighted by Crippen LogP contribution is -2.36. The molecule has 2 nitrogen and oxygen atoms in total. The molecule has 0 saturated heterocycles. The Morgan fingerprint density at radius 3 is 2.47 bits per heavy atom. The molecule has 5 unspecified atom stereocenters. The number of halogens is 3. The zero-order chi connectivity index (χ0) is 12.2. The molecule has 17 heavy (non-hydrogen) atoms. The number of ether oxygens (including phenoxy) is 1. The number of rotatable bonds is 1. The lowest BCUT2D eigenvalue weighted by atomic mass is 9.80. The number of fused-ring (bicyclic) bond motifs is 5. The van der Waals surface area contributed by atoms with Gasteiger partial charge in [0, 0.05) is 0 Å². The quantitative estimate of drug-likeness (QED) is 0.667. The van der Waals surface area contributed by atoms with Crippen molar-refractivity contribution in [1.29, 1.82) is 0 Å². The summed E-state index contributed by atoms with van der Waals surface area (Å²) in [7, 11) is 0. The number of carbonyl (C=O) groups is 1. The van der Waals surface area contributed by atoms with Gasteiger partial charge in [-0.05, 0) is 49.4 Å². The molecule has 0 aromatic carbocycles. The van der Waals surface area contributed by atoms with Crippen molar-refractivity contribution in [3.8, 4) is 0 Å². The van der Waals surface area contributed by atoms with Gasteiger partial charge in [0.05, 0.1) is 0 Å². The molecular formula is C12H15F3O2. The van der Waals surface area contributed by atoms with E-state index < -0.39 is 18.2 Å². The SMILES string of the molecule is O=C(OC1CC2CC1C1CCCC21)C(F)(F)F. The van der Waals surface area contributed by atoms with Crippen LogP contribution in [0.4, 0.5) is 13.2 Å². The first-order valence-corrected chi connectivity index (χ1v) is 6.24. The Labute approximate surface area is 97.5 Å². The normalized spacial score (nSPS) is 43.8. The van der Waals surface area contributed by atoms with Crippen LogP contribution in [-0.4, -0.2) is 18.2 Å². The predicted molar refractivity (Wildman–Crippen MR) is 53.0 cm³/mol. The van der Waals surface area contributed by atoms with Gasteiger partial charge in [0.25, 0.3) is 0 Å². The van der Waals surface area contributed by atoms with E-state index in [4.69, 9.17) is 0 Å². The van der Waals surface area contributed by atoms with Crippen LogP contribution >= 0.6 is 0 Å². The number of hydrogen-bond acceptors (Lipinski definition) is 2. The second-order valence-electron chi connectivity index (χ2n) is 5.60. The molecule has 3 saturated carbocycles. The summed E-state index contributed by atoms with van der Waals surface area (Å²) in [6.45, 7) is 0. The summed E-state index contributed by atoms with van der Waals surface area (Å²) in [5.74, 6) is -0.109. The minimum Gasteiger partial charge on any atom is -0.455 e. The monoisotopic (exact) mass is 248 g/mol. The van der Waals surface area contributed by atoms with E-state index in [0.29, 0.717) is 24.2 Å². The van der Waals surface area contributed by atoms with E-state index in [-0.39, 0.29) is 5.92 Å². The molecule has 5 heteroatoms. The molecule has 3 aliphatic carbocycles. The fourth-order valence-electron chi connectivity index (χ4n) is 4.34. The molecule has 0 radical (unpaired) electrons. The van der Waals surface area contributed by atoms with Crippen LogP contribution in [0.1, 0.15) is 32.1 Å². The molecule has 0 amide bonds. The average Bonchev–Trinajstić information content (AvgIpc) is 2.85. The Morgan fingerprint density at radius 1 is 1.06 bits per heavy atom. The summed E-state index contributed by atoms with van der Waals surface area (Å²) in [5.41, 5.74) is 0. The van der Waals surface area contributed by atoms with Crippen LogP contribution in [0.15, 0.2) is 0 Å². The number of hydrogen-bond donors (Lipinski definition) is 0. The molecule has 0 heterocycles. The topological polar surface area (TPSA) is 26.3 Å². The molecule has 96 valence electrons. The molecule has 0 aromatic rings. The van der Waals surface area contributed by atoms with Crippen LogP contribution in [0.3, 0.4) is 0 Å². The van der Waals surface area contributed by atoms with Gasteiger partial charge in [-0.15, -0.1) is 0 Å². The van der Waals surface area contributed by atoms with E-state index in [9.17, 15) is 18.0 Å². The molecule has 2 bridgehead atoms. The van der Waals surface area contributed by atoms with Crippen LogP contribution < -0.4 is 0 Å². The molecule has 5 atom stereocenters. The highest BCUT2D eigenvalue weighted by molar-refractivity contribution is 5.75. The second kappa shape index (κ2) is 3.62. The van der Waals surface area contributed by atoms with Crippen LogP contribution in [0.25, 0.3) is 0 Å². The van der Waals surface area contributed by atoms with E-state index in [1.165, 1.54) is 12.8 Å². The van der Waals surface area contributed by atoms with Crippen molar-refractivity contribution in [3.63, 3.8) is 0 Å². The average molecular weight is 248 g/mol. The molecule has 0 spiro atoms. The fourth-order valence-corrected chi connectivity index (χ4v) is 4.34. The first-order valence-electron chi connectivity index (χ1n) is 6.24. The van der Waals surface area contributed by atoms with E-state index in [0.717, 1.165) is 12.8 Å². The highest BCUT2D eigenvalue weighted by atomic mass is 19.4. The highest BCUT2D eigenvalue weighted by Gasteiger charge is 2.56. The molecule has 0 aromatic heterocycles. The Bertz CT molecular complexity index is 339. The zero-order valence-electron chi connectivity index (χ0n) is 9.37. The summed E-state index contributed by atoms with van der Waals surface area (Å²) in [4.78, 5) is 10.8. The smallest absolute Gasteiger partial charge is 0.455 e. The lowest BCUT2D eigenvalue weighted by Gasteiger charge is -2.31. The van der Waals surface area contributed by atoms with E-state index >= 15 is 0 Å².